The fourth-order valence-corrected chi connectivity index (χ4v) is 1.91. The second kappa shape index (κ2) is 3.61. The van der Waals surface area contributed by atoms with E-state index in [-0.39, 0.29) is 0 Å². The van der Waals surface area contributed by atoms with Crippen LogP contribution in [0, 0.1) is 0 Å². The summed E-state index contributed by atoms with van der Waals surface area (Å²) in [6, 6.07) is 5.15. The van der Waals surface area contributed by atoms with Crippen LogP contribution in [0.5, 0.6) is 0 Å². The fraction of sp³-hybridized carbons (Fsp3) is 0. The first-order chi connectivity index (χ1) is 6.72. The third-order valence-electron chi connectivity index (χ3n) is 1.91. The maximum Gasteiger partial charge on any atom is 0.0753 e. The molecular formula is C9H7Cl2N3. The number of benzene rings is 1. The minimum absolute atomic E-state index is 0.536. The summed E-state index contributed by atoms with van der Waals surface area (Å²) in [6.07, 6.45) is 1.64. The van der Waals surface area contributed by atoms with E-state index in [0.29, 0.717) is 10.0 Å². The summed E-state index contributed by atoms with van der Waals surface area (Å²) in [7, 11) is 0. The zero-order chi connectivity index (χ0) is 10.1. The van der Waals surface area contributed by atoms with Crippen molar-refractivity contribution in [2.24, 2.45) is 5.84 Å². The molecule has 0 saturated heterocycles. The van der Waals surface area contributed by atoms with Gasteiger partial charge in [-0.15, -0.1) is 0 Å². The normalized spacial score (nSPS) is 10.5. The van der Waals surface area contributed by atoms with Crippen molar-refractivity contribution in [3.63, 3.8) is 0 Å². The Labute approximate surface area is 90.8 Å². The first-order valence-corrected chi connectivity index (χ1v) is 4.68. The highest BCUT2D eigenvalue weighted by Crippen LogP contribution is 2.31. The van der Waals surface area contributed by atoms with Gasteiger partial charge in [-0.1, -0.05) is 23.2 Å². The number of rotatable bonds is 1. The molecule has 14 heavy (non-hydrogen) atoms. The van der Waals surface area contributed by atoms with Gasteiger partial charge in [0, 0.05) is 16.6 Å². The zero-order valence-corrected chi connectivity index (χ0v) is 8.60. The molecule has 1 heterocycles. The van der Waals surface area contributed by atoms with Crippen LogP contribution in [0.15, 0.2) is 24.4 Å². The highest BCUT2D eigenvalue weighted by molar-refractivity contribution is 6.39. The number of fused-ring (bicyclic) bond motifs is 1. The van der Waals surface area contributed by atoms with Gasteiger partial charge in [0.15, 0.2) is 0 Å². The summed E-state index contributed by atoms with van der Waals surface area (Å²) in [5.74, 6) is 5.35. The molecule has 0 atom stereocenters. The molecule has 2 rings (SSSR count). The summed E-state index contributed by atoms with van der Waals surface area (Å²) in [4.78, 5) is 4.15. The molecule has 0 saturated carbocycles. The monoisotopic (exact) mass is 227 g/mol. The van der Waals surface area contributed by atoms with Crippen LogP contribution in [-0.2, 0) is 0 Å². The van der Waals surface area contributed by atoms with Crippen LogP contribution in [-0.4, -0.2) is 4.98 Å². The zero-order valence-electron chi connectivity index (χ0n) is 7.09. The van der Waals surface area contributed by atoms with Crippen molar-refractivity contribution >= 4 is 39.8 Å². The molecule has 0 unspecified atom stereocenters. The van der Waals surface area contributed by atoms with Crippen LogP contribution in [0.1, 0.15) is 0 Å². The summed E-state index contributed by atoms with van der Waals surface area (Å²) < 4.78 is 0. The van der Waals surface area contributed by atoms with E-state index in [1.807, 2.05) is 0 Å². The first-order valence-electron chi connectivity index (χ1n) is 3.93. The SMILES string of the molecule is NNc1ccnc2cc(Cl)cc(Cl)c12. The third-order valence-corrected chi connectivity index (χ3v) is 2.43. The molecule has 1 aromatic carbocycles. The number of hydrazine groups is 1. The number of hydrogen-bond acceptors (Lipinski definition) is 3. The Balaban J connectivity index is 2.87. The molecule has 0 amide bonds. The first kappa shape index (κ1) is 9.52. The molecule has 5 heteroatoms. The lowest BCUT2D eigenvalue weighted by molar-refractivity contribution is 1.33. The number of nitrogens with one attached hydrogen (secondary N) is 1. The van der Waals surface area contributed by atoms with Gasteiger partial charge in [0.25, 0.3) is 0 Å². The van der Waals surface area contributed by atoms with Gasteiger partial charge in [-0.3, -0.25) is 10.8 Å². The van der Waals surface area contributed by atoms with Gasteiger partial charge in [-0.2, -0.15) is 0 Å². The van der Waals surface area contributed by atoms with Gasteiger partial charge >= 0.3 is 0 Å². The van der Waals surface area contributed by atoms with Gasteiger partial charge in [-0.05, 0) is 18.2 Å². The molecule has 0 fully saturated rings. The van der Waals surface area contributed by atoms with Gasteiger partial charge in [0.1, 0.15) is 0 Å². The lowest BCUT2D eigenvalue weighted by atomic mass is 10.2. The molecule has 0 spiro atoms. The summed E-state index contributed by atoms with van der Waals surface area (Å²) in [5.41, 5.74) is 4.02. The predicted octanol–water partition coefficient (Wildman–Crippen LogP) is 2.83. The van der Waals surface area contributed by atoms with Crippen LogP contribution in [0.3, 0.4) is 0 Å². The standard InChI is InChI=1S/C9H7Cl2N3/c10-5-3-6(11)9-7(14-12)1-2-13-8(9)4-5/h1-4H,12H2,(H,13,14). The lowest BCUT2D eigenvalue weighted by Crippen LogP contribution is -2.07. The van der Waals surface area contributed by atoms with E-state index in [1.54, 1.807) is 24.4 Å². The number of hydrogen-bond donors (Lipinski definition) is 2. The van der Waals surface area contributed by atoms with Crippen molar-refractivity contribution in [2.45, 2.75) is 0 Å². The number of aromatic nitrogens is 1. The number of nitrogen functional groups attached to an aromatic ring is 1. The Morgan fingerprint density at radius 1 is 1.29 bits per heavy atom. The van der Waals surface area contributed by atoms with Crippen molar-refractivity contribution < 1.29 is 0 Å². The van der Waals surface area contributed by atoms with Crippen LogP contribution in [0.25, 0.3) is 10.9 Å². The second-order valence-electron chi connectivity index (χ2n) is 2.78. The van der Waals surface area contributed by atoms with E-state index in [0.717, 1.165) is 16.6 Å². The number of halogens is 2. The highest BCUT2D eigenvalue weighted by Gasteiger charge is 2.06. The van der Waals surface area contributed by atoms with E-state index in [9.17, 15) is 0 Å². The van der Waals surface area contributed by atoms with Crippen molar-refractivity contribution in [1.82, 2.24) is 4.98 Å². The van der Waals surface area contributed by atoms with E-state index in [4.69, 9.17) is 29.0 Å². The van der Waals surface area contributed by atoms with Gasteiger partial charge in [-0.25, -0.2) is 0 Å². The van der Waals surface area contributed by atoms with Gasteiger partial charge in [0.2, 0.25) is 0 Å². The quantitative estimate of drug-likeness (QED) is 0.582. The topological polar surface area (TPSA) is 50.9 Å². The number of pyridine rings is 1. The van der Waals surface area contributed by atoms with Crippen LogP contribution < -0.4 is 11.3 Å². The van der Waals surface area contributed by atoms with Crippen molar-refractivity contribution in [1.29, 1.82) is 0 Å². The van der Waals surface area contributed by atoms with Gasteiger partial charge in [0.05, 0.1) is 16.2 Å². The molecule has 0 radical (unpaired) electrons. The smallest absolute Gasteiger partial charge is 0.0753 e. The fourth-order valence-electron chi connectivity index (χ4n) is 1.32. The van der Waals surface area contributed by atoms with Crippen LogP contribution in [0.2, 0.25) is 10.0 Å². The van der Waals surface area contributed by atoms with Crippen LogP contribution >= 0.6 is 23.2 Å². The molecule has 1 aromatic heterocycles. The van der Waals surface area contributed by atoms with E-state index in [1.165, 1.54) is 0 Å². The molecule has 2 aromatic rings. The predicted molar refractivity (Wildman–Crippen MR) is 59.6 cm³/mol. The maximum atomic E-state index is 6.03. The van der Waals surface area contributed by atoms with Crippen LogP contribution in [0.4, 0.5) is 5.69 Å². The molecule has 0 aliphatic rings. The Bertz CT molecular complexity index is 485. The summed E-state index contributed by atoms with van der Waals surface area (Å²) in [6.45, 7) is 0. The Hall–Kier alpha value is -1.03. The average molecular weight is 228 g/mol. The van der Waals surface area contributed by atoms with Crippen molar-refractivity contribution in [2.75, 3.05) is 5.43 Å². The third kappa shape index (κ3) is 1.50. The number of nitrogens with two attached hydrogens (primary N) is 1. The maximum absolute atomic E-state index is 6.03. The lowest BCUT2D eigenvalue weighted by Gasteiger charge is -2.06. The average Bonchev–Trinajstić information content (AvgIpc) is 2.16. The second-order valence-corrected chi connectivity index (χ2v) is 3.63. The molecule has 3 nitrogen and oxygen atoms in total. The molecular weight excluding hydrogens is 221 g/mol. The van der Waals surface area contributed by atoms with Crippen molar-refractivity contribution in [3.05, 3.63) is 34.4 Å². The Kier molecular flexibility index (Phi) is 2.46. The molecule has 3 N–H and O–H groups in total. The highest BCUT2D eigenvalue weighted by atomic mass is 35.5. The Morgan fingerprint density at radius 2 is 2.07 bits per heavy atom. The number of nitrogens with zero attached hydrogens (tertiary/aromatic N) is 1. The molecule has 0 aliphatic heterocycles. The van der Waals surface area contributed by atoms with E-state index >= 15 is 0 Å². The summed E-state index contributed by atoms with van der Waals surface area (Å²) in [5, 5.41) is 1.87. The number of anilines is 1. The summed E-state index contributed by atoms with van der Waals surface area (Å²) >= 11 is 11.9. The van der Waals surface area contributed by atoms with E-state index < -0.39 is 0 Å². The minimum atomic E-state index is 0.536. The van der Waals surface area contributed by atoms with E-state index in [2.05, 4.69) is 10.4 Å². The van der Waals surface area contributed by atoms with Crippen molar-refractivity contribution in [3.8, 4) is 0 Å². The Morgan fingerprint density at radius 3 is 2.79 bits per heavy atom. The largest absolute Gasteiger partial charge is 0.323 e. The van der Waals surface area contributed by atoms with Gasteiger partial charge < -0.3 is 5.43 Å². The minimum Gasteiger partial charge on any atom is -0.323 e. The molecule has 0 aliphatic carbocycles. The molecule has 0 bridgehead atoms. The molecule has 72 valence electrons.